The van der Waals surface area contributed by atoms with E-state index in [1.807, 2.05) is 4.98 Å². The lowest BCUT2D eigenvalue weighted by Crippen LogP contribution is -2.19. The highest BCUT2D eigenvalue weighted by Crippen LogP contribution is 2.40. The summed E-state index contributed by atoms with van der Waals surface area (Å²) in [6, 6.07) is 1.14. The fourth-order valence-electron chi connectivity index (χ4n) is 1.93. The third-order valence-electron chi connectivity index (χ3n) is 2.82. The zero-order valence-corrected chi connectivity index (χ0v) is 14.6. The van der Waals surface area contributed by atoms with Crippen LogP contribution < -0.4 is 9.47 Å². The Balaban J connectivity index is 2.56. The number of H-pyrrole nitrogens is 1. The molecular formula is C14H10BrF7N2O2. The fourth-order valence-corrected chi connectivity index (χ4v) is 2.44. The smallest absolute Gasteiger partial charge is 0.487 e. The zero-order valence-electron chi connectivity index (χ0n) is 13.0. The average molecular weight is 451 g/mol. The van der Waals surface area contributed by atoms with Gasteiger partial charge in [-0.2, -0.15) is 13.2 Å². The second-order valence-electron chi connectivity index (χ2n) is 5.24. The summed E-state index contributed by atoms with van der Waals surface area (Å²) < 4.78 is 98.2. The van der Waals surface area contributed by atoms with Gasteiger partial charge in [-0.05, 0) is 35.8 Å². The predicted octanol–water partition coefficient (Wildman–Crippen LogP) is 5.68. The van der Waals surface area contributed by atoms with Crippen molar-refractivity contribution in [3.8, 4) is 22.9 Å². The number of ether oxygens (including phenoxy) is 2. The fraction of sp³-hybridized carbons (Fsp3) is 0.357. The summed E-state index contributed by atoms with van der Waals surface area (Å²) >= 11 is 2.60. The molecule has 0 saturated heterocycles. The molecule has 0 radical (unpaired) electrons. The second kappa shape index (κ2) is 6.97. The van der Waals surface area contributed by atoms with Crippen molar-refractivity contribution < 1.29 is 40.2 Å². The average Bonchev–Trinajstić information content (AvgIpc) is 2.81. The molecule has 1 N–H and O–H groups in total. The van der Waals surface area contributed by atoms with Gasteiger partial charge >= 0.3 is 12.5 Å². The molecule has 2 rings (SSSR count). The molecule has 0 amide bonds. The Hall–Kier alpha value is -1.98. The first-order valence-electron chi connectivity index (χ1n) is 6.87. The first-order valence-corrected chi connectivity index (χ1v) is 7.66. The maximum Gasteiger partial charge on any atom is 0.573 e. The highest BCUT2D eigenvalue weighted by atomic mass is 79.9. The van der Waals surface area contributed by atoms with Crippen molar-refractivity contribution in [3.63, 3.8) is 0 Å². The molecule has 0 unspecified atom stereocenters. The van der Waals surface area contributed by atoms with Crippen LogP contribution in [-0.4, -0.2) is 22.4 Å². The number of benzene rings is 1. The monoisotopic (exact) mass is 450 g/mol. The molecule has 1 aromatic carbocycles. The largest absolute Gasteiger partial charge is 0.573 e. The zero-order chi connectivity index (χ0) is 19.9. The number of rotatable bonds is 4. The van der Waals surface area contributed by atoms with Gasteiger partial charge in [0.15, 0.2) is 17.2 Å². The number of alkyl halides is 6. The third kappa shape index (κ3) is 4.80. The predicted molar refractivity (Wildman–Crippen MR) is 79.1 cm³/mol. The number of aromatic nitrogens is 2. The van der Waals surface area contributed by atoms with Gasteiger partial charge < -0.3 is 14.5 Å². The molecule has 2 aromatic rings. The molecule has 144 valence electrons. The number of nitrogens with zero attached hydrogens (tertiary/aromatic N) is 1. The molecule has 0 bridgehead atoms. The minimum absolute atomic E-state index is 0.365. The second-order valence-corrected chi connectivity index (χ2v) is 5.99. The first kappa shape index (κ1) is 20.3. The van der Waals surface area contributed by atoms with Gasteiger partial charge in [-0.25, -0.2) is 9.37 Å². The molecule has 0 atom stereocenters. The Kier molecular flexibility index (Phi) is 5.45. The van der Waals surface area contributed by atoms with Crippen molar-refractivity contribution in [1.82, 2.24) is 9.97 Å². The third-order valence-corrected chi connectivity index (χ3v) is 3.39. The van der Waals surface area contributed by atoms with E-state index in [1.165, 1.54) is 13.8 Å². The SMILES string of the molecule is CC(C)Oc1cc(-c2nc(Br)c(C(F)(F)F)[nH]2)c(F)cc1OC(F)(F)F. The Morgan fingerprint density at radius 3 is 2.15 bits per heavy atom. The van der Waals surface area contributed by atoms with Gasteiger partial charge in [0.1, 0.15) is 16.2 Å². The summed E-state index contributed by atoms with van der Waals surface area (Å²) in [6.45, 7) is 2.98. The van der Waals surface area contributed by atoms with Crippen molar-refractivity contribution >= 4 is 15.9 Å². The van der Waals surface area contributed by atoms with Crippen molar-refractivity contribution in [2.75, 3.05) is 0 Å². The highest BCUT2D eigenvalue weighted by Gasteiger charge is 2.37. The normalized spacial score (nSPS) is 12.6. The van der Waals surface area contributed by atoms with E-state index in [2.05, 4.69) is 25.7 Å². The standard InChI is InChI=1S/C14H10BrF7N2O2/c1-5(2)25-8-3-6(7(16)4-9(8)26-14(20,21)22)12-23-10(11(15)24-12)13(17,18)19/h3-5H,1-2H3,(H,23,24). The number of imidazole rings is 1. The minimum Gasteiger partial charge on any atom is -0.487 e. The van der Waals surface area contributed by atoms with E-state index >= 15 is 0 Å². The molecule has 26 heavy (non-hydrogen) atoms. The number of hydrogen-bond donors (Lipinski definition) is 1. The van der Waals surface area contributed by atoms with Crippen LogP contribution in [-0.2, 0) is 6.18 Å². The van der Waals surface area contributed by atoms with Crippen molar-refractivity contribution in [2.45, 2.75) is 32.5 Å². The van der Waals surface area contributed by atoms with Crippen molar-refractivity contribution in [1.29, 1.82) is 0 Å². The van der Waals surface area contributed by atoms with Crippen molar-refractivity contribution in [2.24, 2.45) is 0 Å². The van der Waals surface area contributed by atoms with Gasteiger partial charge in [0.2, 0.25) is 0 Å². The van der Waals surface area contributed by atoms with Crippen LogP contribution >= 0.6 is 15.9 Å². The number of hydrogen-bond acceptors (Lipinski definition) is 3. The number of aromatic amines is 1. The Labute approximate surface area is 150 Å². The highest BCUT2D eigenvalue weighted by molar-refractivity contribution is 9.10. The molecular weight excluding hydrogens is 441 g/mol. The molecule has 0 aliphatic heterocycles. The van der Waals surface area contributed by atoms with Crippen LogP contribution in [0.15, 0.2) is 16.7 Å². The molecule has 4 nitrogen and oxygen atoms in total. The number of halogens is 8. The van der Waals surface area contributed by atoms with E-state index in [-0.39, 0.29) is 0 Å². The molecule has 1 aromatic heterocycles. The van der Waals surface area contributed by atoms with Gasteiger partial charge in [0.25, 0.3) is 0 Å². The lowest BCUT2D eigenvalue weighted by Gasteiger charge is -2.17. The van der Waals surface area contributed by atoms with Gasteiger partial charge in [-0.1, -0.05) is 0 Å². The van der Waals surface area contributed by atoms with Gasteiger partial charge in [-0.15, -0.1) is 13.2 Å². The van der Waals surface area contributed by atoms with Crippen LogP contribution in [0.5, 0.6) is 11.5 Å². The molecule has 0 aliphatic rings. The summed E-state index contributed by atoms with van der Waals surface area (Å²) in [6.07, 6.45) is -10.5. The minimum atomic E-state index is -5.11. The maximum atomic E-state index is 14.2. The molecule has 0 aliphatic carbocycles. The van der Waals surface area contributed by atoms with Crippen LogP contribution in [0, 0.1) is 5.82 Å². The van der Waals surface area contributed by atoms with Gasteiger partial charge in [-0.3, -0.25) is 0 Å². The van der Waals surface area contributed by atoms with E-state index in [0.29, 0.717) is 6.07 Å². The lowest BCUT2D eigenvalue weighted by atomic mass is 10.1. The van der Waals surface area contributed by atoms with Gasteiger partial charge in [0.05, 0.1) is 11.7 Å². The van der Waals surface area contributed by atoms with E-state index in [0.717, 1.165) is 6.07 Å². The maximum absolute atomic E-state index is 14.2. The lowest BCUT2D eigenvalue weighted by molar-refractivity contribution is -0.275. The van der Waals surface area contributed by atoms with Crippen LogP contribution in [0.25, 0.3) is 11.4 Å². The molecule has 12 heteroatoms. The summed E-state index contributed by atoms with van der Waals surface area (Å²) in [5, 5.41) is 0. The first-order chi connectivity index (χ1) is 11.8. The Morgan fingerprint density at radius 2 is 1.69 bits per heavy atom. The molecule has 1 heterocycles. The topological polar surface area (TPSA) is 47.1 Å². The number of nitrogens with one attached hydrogen (secondary N) is 1. The molecule has 0 fully saturated rings. The quantitative estimate of drug-likeness (QED) is 0.609. The van der Waals surface area contributed by atoms with Gasteiger partial charge in [0, 0.05) is 6.07 Å². The molecule has 0 saturated carbocycles. The Morgan fingerprint density at radius 1 is 1.08 bits per heavy atom. The van der Waals surface area contributed by atoms with E-state index in [4.69, 9.17) is 4.74 Å². The van der Waals surface area contributed by atoms with Crippen LogP contribution in [0.2, 0.25) is 0 Å². The molecule has 0 spiro atoms. The van der Waals surface area contributed by atoms with Crippen LogP contribution in [0.1, 0.15) is 19.5 Å². The van der Waals surface area contributed by atoms with E-state index < -0.39 is 57.6 Å². The van der Waals surface area contributed by atoms with E-state index in [1.54, 1.807) is 0 Å². The summed E-state index contributed by atoms with van der Waals surface area (Å²) in [5.74, 6) is -3.30. The van der Waals surface area contributed by atoms with Crippen LogP contribution in [0.4, 0.5) is 30.7 Å². The Bertz CT molecular complexity index is 800. The summed E-state index contributed by atoms with van der Waals surface area (Å²) in [4.78, 5) is 5.40. The van der Waals surface area contributed by atoms with E-state index in [9.17, 15) is 30.7 Å². The summed E-state index contributed by atoms with van der Waals surface area (Å²) in [7, 11) is 0. The summed E-state index contributed by atoms with van der Waals surface area (Å²) in [5.41, 5.74) is -1.79. The van der Waals surface area contributed by atoms with Crippen molar-refractivity contribution in [3.05, 3.63) is 28.2 Å². The van der Waals surface area contributed by atoms with Crippen LogP contribution in [0.3, 0.4) is 0 Å².